The molecule has 1 nitrogen and oxygen atoms in total. The van der Waals surface area contributed by atoms with E-state index < -0.39 is 0 Å². The lowest BCUT2D eigenvalue weighted by molar-refractivity contribution is 0.0655. The molecule has 2 unspecified atom stereocenters. The number of alkyl halides is 1. The summed E-state index contributed by atoms with van der Waals surface area (Å²) in [4.78, 5) is 0. The van der Waals surface area contributed by atoms with E-state index in [4.69, 9.17) is 16.3 Å². The van der Waals surface area contributed by atoms with Gasteiger partial charge in [-0.2, -0.15) is 0 Å². The number of ether oxygens (including phenoxy) is 1. The largest absolute Gasteiger partial charge is 0.376 e. The first-order valence-electron chi connectivity index (χ1n) is 3.16. The van der Waals surface area contributed by atoms with Gasteiger partial charge in [0.25, 0.3) is 0 Å². The van der Waals surface area contributed by atoms with E-state index in [9.17, 15) is 0 Å². The van der Waals surface area contributed by atoms with Gasteiger partial charge < -0.3 is 4.74 Å². The van der Waals surface area contributed by atoms with Crippen molar-refractivity contribution in [3.05, 3.63) is 0 Å². The third-order valence-electron chi connectivity index (χ3n) is 2.74. The molecule has 0 aromatic carbocycles. The Bertz CT molecular complexity index is 133. The van der Waals surface area contributed by atoms with Gasteiger partial charge in [-0.05, 0) is 6.92 Å². The molecule has 54 valence electrons. The molecule has 9 heavy (non-hydrogen) atoms. The SMILES string of the molecule is COC1(C)C(Cl)C1(C)C. The van der Waals surface area contributed by atoms with Crippen LogP contribution in [0.4, 0.5) is 0 Å². The van der Waals surface area contributed by atoms with Crippen molar-refractivity contribution in [3.63, 3.8) is 0 Å². The van der Waals surface area contributed by atoms with E-state index in [1.54, 1.807) is 7.11 Å². The molecule has 0 spiro atoms. The average Bonchev–Trinajstić information content (AvgIpc) is 2.16. The maximum absolute atomic E-state index is 5.96. The van der Waals surface area contributed by atoms with E-state index in [1.807, 2.05) is 6.92 Å². The first-order valence-corrected chi connectivity index (χ1v) is 3.59. The Morgan fingerprint density at radius 2 is 1.67 bits per heavy atom. The Morgan fingerprint density at radius 3 is 1.67 bits per heavy atom. The Morgan fingerprint density at radius 1 is 1.33 bits per heavy atom. The number of hydrogen-bond donors (Lipinski definition) is 0. The highest BCUT2D eigenvalue weighted by Crippen LogP contribution is 2.61. The van der Waals surface area contributed by atoms with Crippen LogP contribution in [0.5, 0.6) is 0 Å². The fourth-order valence-corrected chi connectivity index (χ4v) is 1.76. The first-order chi connectivity index (χ1) is 3.97. The minimum absolute atomic E-state index is 0.0887. The molecule has 1 aliphatic carbocycles. The molecule has 2 atom stereocenters. The summed E-state index contributed by atoms with van der Waals surface area (Å²) in [6.45, 7) is 6.28. The molecule has 0 heterocycles. The monoisotopic (exact) mass is 148 g/mol. The van der Waals surface area contributed by atoms with Crippen LogP contribution in [0.3, 0.4) is 0 Å². The summed E-state index contributed by atoms with van der Waals surface area (Å²) in [5, 5.41) is 0.176. The van der Waals surface area contributed by atoms with Gasteiger partial charge in [-0.1, -0.05) is 13.8 Å². The van der Waals surface area contributed by atoms with Crippen molar-refractivity contribution in [2.45, 2.75) is 31.7 Å². The standard InChI is InChI=1S/C7H13ClO/c1-6(2)5(8)7(6,3)9-4/h5H,1-4H3. The van der Waals surface area contributed by atoms with Crippen molar-refractivity contribution in [1.29, 1.82) is 0 Å². The highest BCUT2D eigenvalue weighted by Gasteiger charge is 2.68. The summed E-state index contributed by atoms with van der Waals surface area (Å²) in [6, 6.07) is 0. The minimum Gasteiger partial charge on any atom is -0.376 e. The van der Waals surface area contributed by atoms with E-state index in [-0.39, 0.29) is 16.4 Å². The van der Waals surface area contributed by atoms with Crippen molar-refractivity contribution in [2.24, 2.45) is 5.41 Å². The summed E-state index contributed by atoms with van der Waals surface area (Å²) in [7, 11) is 1.71. The van der Waals surface area contributed by atoms with Crippen molar-refractivity contribution < 1.29 is 4.74 Å². The molecule has 0 aromatic rings. The predicted octanol–water partition coefficient (Wildman–Crippen LogP) is 2.04. The van der Waals surface area contributed by atoms with Gasteiger partial charge in [0, 0.05) is 12.5 Å². The number of methoxy groups -OCH3 is 1. The Balaban J connectivity index is 2.70. The zero-order chi connectivity index (χ0) is 7.28. The number of hydrogen-bond acceptors (Lipinski definition) is 1. The molecule has 0 aliphatic heterocycles. The average molecular weight is 149 g/mol. The lowest BCUT2D eigenvalue weighted by Crippen LogP contribution is -2.14. The Labute approximate surface area is 61.3 Å². The molecule has 1 saturated carbocycles. The maximum Gasteiger partial charge on any atom is 0.0885 e. The highest BCUT2D eigenvalue weighted by atomic mass is 35.5. The van der Waals surface area contributed by atoms with Crippen molar-refractivity contribution in [2.75, 3.05) is 7.11 Å². The second kappa shape index (κ2) is 1.64. The van der Waals surface area contributed by atoms with Gasteiger partial charge in [0.2, 0.25) is 0 Å². The molecular weight excluding hydrogens is 136 g/mol. The van der Waals surface area contributed by atoms with Crippen molar-refractivity contribution >= 4 is 11.6 Å². The summed E-state index contributed by atoms with van der Waals surface area (Å²) in [6.07, 6.45) is 0. The van der Waals surface area contributed by atoms with Crippen molar-refractivity contribution in [3.8, 4) is 0 Å². The Hall–Kier alpha value is 0.250. The zero-order valence-electron chi connectivity index (χ0n) is 6.36. The van der Waals surface area contributed by atoms with Gasteiger partial charge in [-0.3, -0.25) is 0 Å². The summed E-state index contributed by atoms with van der Waals surface area (Å²) < 4.78 is 5.24. The molecule has 0 saturated heterocycles. The van der Waals surface area contributed by atoms with Crippen LogP contribution < -0.4 is 0 Å². The van der Waals surface area contributed by atoms with Crippen LogP contribution in [0, 0.1) is 5.41 Å². The minimum atomic E-state index is -0.0887. The Kier molecular flexibility index (Phi) is 1.34. The van der Waals surface area contributed by atoms with E-state index in [0.29, 0.717) is 0 Å². The van der Waals surface area contributed by atoms with Crippen molar-refractivity contribution in [1.82, 2.24) is 0 Å². The maximum atomic E-state index is 5.96. The summed E-state index contributed by atoms with van der Waals surface area (Å²) in [5.74, 6) is 0. The normalized spacial score (nSPS) is 47.0. The third-order valence-corrected chi connectivity index (χ3v) is 3.70. The van der Waals surface area contributed by atoms with Crippen LogP contribution in [-0.4, -0.2) is 18.1 Å². The fraction of sp³-hybridized carbons (Fsp3) is 1.00. The third kappa shape index (κ3) is 0.651. The summed E-state index contributed by atoms with van der Waals surface area (Å²) >= 11 is 5.96. The smallest absolute Gasteiger partial charge is 0.0885 e. The lowest BCUT2D eigenvalue weighted by atomic mass is 10.1. The van der Waals surface area contributed by atoms with Gasteiger partial charge >= 0.3 is 0 Å². The lowest BCUT2D eigenvalue weighted by Gasteiger charge is -2.10. The van der Waals surface area contributed by atoms with Gasteiger partial charge in [-0.15, -0.1) is 11.6 Å². The van der Waals surface area contributed by atoms with Gasteiger partial charge in [0.05, 0.1) is 11.0 Å². The van der Waals surface area contributed by atoms with Crippen LogP contribution in [-0.2, 0) is 4.74 Å². The molecule has 0 bridgehead atoms. The predicted molar refractivity (Wildman–Crippen MR) is 38.8 cm³/mol. The molecule has 1 rings (SSSR count). The topological polar surface area (TPSA) is 9.23 Å². The quantitative estimate of drug-likeness (QED) is 0.518. The molecule has 1 aliphatic rings. The van der Waals surface area contributed by atoms with Gasteiger partial charge in [-0.25, -0.2) is 0 Å². The van der Waals surface area contributed by atoms with Gasteiger partial charge in [0.15, 0.2) is 0 Å². The molecule has 0 radical (unpaired) electrons. The fourth-order valence-electron chi connectivity index (χ4n) is 1.24. The molecule has 2 heteroatoms. The number of halogens is 1. The van der Waals surface area contributed by atoms with Crippen LogP contribution in [0.1, 0.15) is 20.8 Å². The molecule has 0 N–H and O–H groups in total. The molecular formula is C7H13ClO. The van der Waals surface area contributed by atoms with Crippen LogP contribution in [0.25, 0.3) is 0 Å². The van der Waals surface area contributed by atoms with Crippen LogP contribution >= 0.6 is 11.6 Å². The first kappa shape index (κ1) is 7.36. The van der Waals surface area contributed by atoms with Crippen LogP contribution in [0.15, 0.2) is 0 Å². The zero-order valence-corrected chi connectivity index (χ0v) is 7.12. The second-order valence-corrected chi connectivity index (χ2v) is 3.83. The van der Waals surface area contributed by atoms with Gasteiger partial charge in [0.1, 0.15) is 0 Å². The molecule has 1 fully saturated rings. The molecule has 0 aromatic heterocycles. The molecule has 0 amide bonds. The highest BCUT2D eigenvalue weighted by molar-refractivity contribution is 6.24. The van der Waals surface area contributed by atoms with E-state index in [1.165, 1.54) is 0 Å². The summed E-state index contributed by atoms with van der Waals surface area (Å²) in [5.41, 5.74) is 0.0673. The van der Waals surface area contributed by atoms with E-state index >= 15 is 0 Å². The van der Waals surface area contributed by atoms with Crippen LogP contribution in [0.2, 0.25) is 0 Å². The van der Waals surface area contributed by atoms with E-state index in [2.05, 4.69) is 13.8 Å². The van der Waals surface area contributed by atoms with E-state index in [0.717, 1.165) is 0 Å². The second-order valence-electron chi connectivity index (χ2n) is 3.40. The number of rotatable bonds is 1.